The van der Waals surface area contributed by atoms with E-state index in [-0.39, 0.29) is 12.0 Å². The van der Waals surface area contributed by atoms with Crippen molar-refractivity contribution in [1.29, 1.82) is 0 Å². The number of methoxy groups -OCH3 is 1. The van der Waals surface area contributed by atoms with Gasteiger partial charge in [-0.05, 0) is 43.1 Å². The Morgan fingerprint density at radius 3 is 2.89 bits per heavy atom. The van der Waals surface area contributed by atoms with E-state index in [9.17, 15) is 4.79 Å². The second-order valence-corrected chi connectivity index (χ2v) is 7.35. The summed E-state index contributed by atoms with van der Waals surface area (Å²) in [6, 6.07) is 16.0. The van der Waals surface area contributed by atoms with Gasteiger partial charge in [-0.3, -0.25) is 9.69 Å². The molecule has 4 rings (SSSR count). The van der Waals surface area contributed by atoms with E-state index in [2.05, 4.69) is 40.5 Å². The molecule has 0 radical (unpaired) electrons. The maximum absolute atomic E-state index is 12.5. The summed E-state index contributed by atoms with van der Waals surface area (Å²) in [5.74, 6) is 1.62. The number of fused-ring (bicyclic) bond motifs is 1. The van der Waals surface area contributed by atoms with Crippen molar-refractivity contribution in [1.82, 2.24) is 10.2 Å². The summed E-state index contributed by atoms with van der Waals surface area (Å²) in [5, 5.41) is 3.03. The summed E-state index contributed by atoms with van der Waals surface area (Å²) in [4.78, 5) is 14.9. The number of piperidine rings is 1. The molecule has 2 aliphatic heterocycles. The van der Waals surface area contributed by atoms with Crippen molar-refractivity contribution in [3.63, 3.8) is 0 Å². The first-order valence-corrected chi connectivity index (χ1v) is 9.62. The summed E-state index contributed by atoms with van der Waals surface area (Å²) in [5.41, 5.74) is 1.89. The van der Waals surface area contributed by atoms with Gasteiger partial charge in [0.2, 0.25) is 0 Å². The molecule has 2 aliphatic rings. The SMILES string of the molecule is COc1ccc2c(c1)C(=O)NC[C@H]([C@H]1CCCN(Cc3ccccc3)C1)O2. The lowest BCUT2D eigenvalue weighted by atomic mass is 9.92. The normalized spacial score (nSPS) is 22.9. The maximum Gasteiger partial charge on any atom is 0.255 e. The number of carbonyl (C=O) groups is 1. The van der Waals surface area contributed by atoms with Crippen LogP contribution in [-0.2, 0) is 6.54 Å². The zero-order valence-electron chi connectivity index (χ0n) is 15.7. The molecule has 5 nitrogen and oxygen atoms in total. The number of benzene rings is 2. The molecule has 0 aliphatic carbocycles. The minimum Gasteiger partial charge on any atom is -0.497 e. The molecule has 2 heterocycles. The van der Waals surface area contributed by atoms with Crippen molar-refractivity contribution in [2.75, 3.05) is 26.7 Å². The van der Waals surface area contributed by atoms with Gasteiger partial charge < -0.3 is 14.8 Å². The minimum absolute atomic E-state index is 0.0119. The van der Waals surface area contributed by atoms with Gasteiger partial charge in [-0.1, -0.05) is 30.3 Å². The van der Waals surface area contributed by atoms with Gasteiger partial charge in [-0.2, -0.15) is 0 Å². The molecule has 0 saturated carbocycles. The fourth-order valence-corrected chi connectivity index (χ4v) is 4.05. The second-order valence-electron chi connectivity index (χ2n) is 7.35. The lowest BCUT2D eigenvalue weighted by Gasteiger charge is -2.36. The number of hydrogen-bond donors (Lipinski definition) is 1. The molecule has 0 unspecified atom stereocenters. The third-order valence-corrected chi connectivity index (χ3v) is 5.49. The van der Waals surface area contributed by atoms with E-state index in [1.165, 1.54) is 5.56 Å². The molecule has 2 aromatic carbocycles. The molecular weight excluding hydrogens is 340 g/mol. The van der Waals surface area contributed by atoms with Gasteiger partial charge in [-0.25, -0.2) is 0 Å². The van der Waals surface area contributed by atoms with E-state index >= 15 is 0 Å². The molecule has 5 heteroatoms. The highest BCUT2D eigenvalue weighted by atomic mass is 16.5. The molecule has 1 fully saturated rings. The number of carbonyl (C=O) groups excluding carboxylic acids is 1. The van der Waals surface area contributed by atoms with Gasteiger partial charge in [-0.15, -0.1) is 0 Å². The number of hydrogen-bond acceptors (Lipinski definition) is 4. The first-order chi connectivity index (χ1) is 13.2. The van der Waals surface area contributed by atoms with Crippen LogP contribution >= 0.6 is 0 Å². The fraction of sp³-hybridized carbons (Fsp3) is 0.409. The molecule has 2 atom stereocenters. The van der Waals surface area contributed by atoms with Crippen LogP contribution < -0.4 is 14.8 Å². The van der Waals surface area contributed by atoms with Crippen LogP contribution in [0, 0.1) is 5.92 Å². The Balaban J connectivity index is 1.46. The van der Waals surface area contributed by atoms with E-state index in [1.807, 2.05) is 12.1 Å². The van der Waals surface area contributed by atoms with E-state index < -0.39 is 0 Å². The molecule has 142 valence electrons. The van der Waals surface area contributed by atoms with Gasteiger partial charge in [0.15, 0.2) is 0 Å². The monoisotopic (exact) mass is 366 g/mol. The Bertz CT molecular complexity index is 793. The standard InChI is InChI=1S/C22H26N2O3/c1-26-18-9-10-20-19(12-18)22(25)23-13-21(27-20)17-8-5-11-24(15-17)14-16-6-3-2-4-7-16/h2-4,6-7,9-10,12,17,21H,5,8,11,13-15H2,1H3,(H,23,25)/t17-,21+/m0/s1. The number of nitrogens with one attached hydrogen (secondary N) is 1. The number of amides is 1. The van der Waals surface area contributed by atoms with Crippen LogP contribution in [0.25, 0.3) is 0 Å². The Hall–Kier alpha value is -2.53. The zero-order valence-corrected chi connectivity index (χ0v) is 15.7. The van der Waals surface area contributed by atoms with Crippen LogP contribution in [0.2, 0.25) is 0 Å². The van der Waals surface area contributed by atoms with Crippen molar-refractivity contribution in [3.8, 4) is 11.5 Å². The van der Waals surface area contributed by atoms with Gasteiger partial charge >= 0.3 is 0 Å². The van der Waals surface area contributed by atoms with Crippen molar-refractivity contribution in [3.05, 3.63) is 59.7 Å². The molecule has 1 N–H and O–H groups in total. The van der Waals surface area contributed by atoms with Crippen molar-refractivity contribution in [2.24, 2.45) is 5.92 Å². The fourth-order valence-electron chi connectivity index (χ4n) is 4.05. The van der Waals surface area contributed by atoms with Crippen LogP contribution in [0.15, 0.2) is 48.5 Å². The summed E-state index contributed by atoms with van der Waals surface area (Å²) in [6.07, 6.45) is 2.26. The highest BCUT2D eigenvalue weighted by Gasteiger charge is 2.32. The van der Waals surface area contributed by atoms with Gasteiger partial charge in [0.05, 0.1) is 19.2 Å². The average molecular weight is 366 g/mol. The average Bonchev–Trinajstić information content (AvgIpc) is 2.88. The molecule has 2 aromatic rings. The zero-order chi connectivity index (χ0) is 18.6. The summed E-state index contributed by atoms with van der Waals surface area (Å²) in [6.45, 7) is 3.60. The first kappa shape index (κ1) is 17.9. The maximum atomic E-state index is 12.5. The van der Waals surface area contributed by atoms with Crippen LogP contribution in [0.1, 0.15) is 28.8 Å². The largest absolute Gasteiger partial charge is 0.497 e. The van der Waals surface area contributed by atoms with E-state index in [0.29, 0.717) is 29.5 Å². The van der Waals surface area contributed by atoms with Crippen LogP contribution in [-0.4, -0.2) is 43.7 Å². The summed E-state index contributed by atoms with van der Waals surface area (Å²) < 4.78 is 11.5. The lowest BCUT2D eigenvalue weighted by molar-refractivity contribution is 0.0659. The van der Waals surface area contributed by atoms with E-state index in [1.54, 1.807) is 13.2 Å². The Morgan fingerprint density at radius 1 is 1.22 bits per heavy atom. The summed E-state index contributed by atoms with van der Waals surface area (Å²) >= 11 is 0. The molecule has 0 aromatic heterocycles. The molecular formula is C22H26N2O3. The number of nitrogens with zero attached hydrogens (tertiary/aromatic N) is 1. The van der Waals surface area contributed by atoms with Gasteiger partial charge in [0.25, 0.3) is 5.91 Å². The van der Waals surface area contributed by atoms with Crippen molar-refractivity contribution < 1.29 is 14.3 Å². The minimum atomic E-state index is -0.0941. The summed E-state index contributed by atoms with van der Waals surface area (Å²) in [7, 11) is 1.60. The van der Waals surface area contributed by atoms with Crippen LogP contribution in [0.3, 0.4) is 0 Å². The van der Waals surface area contributed by atoms with Gasteiger partial charge in [0, 0.05) is 19.0 Å². The molecule has 0 spiro atoms. The third kappa shape index (κ3) is 4.08. The third-order valence-electron chi connectivity index (χ3n) is 5.49. The van der Waals surface area contributed by atoms with E-state index in [0.717, 1.165) is 32.5 Å². The quantitative estimate of drug-likeness (QED) is 0.903. The second kappa shape index (κ2) is 8.01. The van der Waals surface area contributed by atoms with Crippen molar-refractivity contribution >= 4 is 5.91 Å². The van der Waals surface area contributed by atoms with Crippen LogP contribution in [0.4, 0.5) is 0 Å². The predicted octanol–water partition coefficient (Wildman–Crippen LogP) is 3.10. The Labute approximate surface area is 160 Å². The highest BCUT2D eigenvalue weighted by Crippen LogP contribution is 2.30. The molecule has 1 amide bonds. The van der Waals surface area contributed by atoms with Gasteiger partial charge in [0.1, 0.15) is 17.6 Å². The highest BCUT2D eigenvalue weighted by molar-refractivity contribution is 5.97. The predicted molar refractivity (Wildman–Crippen MR) is 104 cm³/mol. The Morgan fingerprint density at radius 2 is 2.07 bits per heavy atom. The number of likely N-dealkylation sites (tertiary alicyclic amines) is 1. The number of ether oxygens (including phenoxy) is 2. The smallest absolute Gasteiger partial charge is 0.255 e. The molecule has 0 bridgehead atoms. The van der Waals surface area contributed by atoms with Crippen LogP contribution in [0.5, 0.6) is 11.5 Å². The lowest BCUT2D eigenvalue weighted by Crippen LogP contribution is -2.45. The van der Waals surface area contributed by atoms with E-state index in [4.69, 9.17) is 9.47 Å². The topological polar surface area (TPSA) is 50.8 Å². The molecule has 1 saturated heterocycles. The molecule has 27 heavy (non-hydrogen) atoms. The first-order valence-electron chi connectivity index (χ1n) is 9.62. The Kier molecular flexibility index (Phi) is 5.30. The number of rotatable bonds is 4. The van der Waals surface area contributed by atoms with Crippen molar-refractivity contribution in [2.45, 2.75) is 25.5 Å².